The molecule has 2 amide bonds. The quantitative estimate of drug-likeness (QED) is 0.523. The van der Waals surface area contributed by atoms with Gasteiger partial charge in [-0.25, -0.2) is 4.90 Å². The summed E-state index contributed by atoms with van der Waals surface area (Å²) in [6, 6.07) is 20.3. The van der Waals surface area contributed by atoms with Crippen molar-refractivity contribution in [1.29, 1.82) is 0 Å². The summed E-state index contributed by atoms with van der Waals surface area (Å²) in [5.41, 5.74) is 4.38. The Morgan fingerprint density at radius 1 is 0.848 bits per heavy atom. The third-order valence-electron chi connectivity index (χ3n) is 5.67. The standard InChI is InChI=1S/C27H26N2O4/c1-5-18-7-11-20(12-8-18)28-25-24(19-9-13-21(32-3)14-10-19)26(30)29(27(25)31)22-16-17(2)6-15-23(22)33-4/h6-16,28H,5H2,1-4H3. The van der Waals surface area contributed by atoms with E-state index in [1.807, 2.05) is 37.3 Å². The van der Waals surface area contributed by atoms with Crippen LogP contribution in [0, 0.1) is 6.92 Å². The van der Waals surface area contributed by atoms with Crippen LogP contribution in [0.4, 0.5) is 11.4 Å². The number of nitrogens with one attached hydrogen (secondary N) is 1. The van der Waals surface area contributed by atoms with Crippen LogP contribution in [0.1, 0.15) is 23.6 Å². The van der Waals surface area contributed by atoms with Gasteiger partial charge in [0.15, 0.2) is 0 Å². The number of hydrogen-bond acceptors (Lipinski definition) is 5. The molecule has 3 aromatic carbocycles. The van der Waals surface area contributed by atoms with Crippen LogP contribution >= 0.6 is 0 Å². The fraction of sp³-hybridized carbons (Fsp3) is 0.185. The second kappa shape index (κ2) is 9.20. The molecule has 0 fully saturated rings. The number of benzene rings is 3. The number of imide groups is 1. The Labute approximate surface area is 193 Å². The number of amides is 2. The van der Waals surface area contributed by atoms with E-state index in [0.717, 1.165) is 17.7 Å². The van der Waals surface area contributed by atoms with Crippen LogP contribution < -0.4 is 19.7 Å². The zero-order valence-corrected chi connectivity index (χ0v) is 19.1. The molecular formula is C27H26N2O4. The molecule has 1 aliphatic rings. The monoisotopic (exact) mass is 442 g/mol. The van der Waals surface area contributed by atoms with Gasteiger partial charge in [0, 0.05) is 5.69 Å². The first kappa shape index (κ1) is 22.1. The minimum atomic E-state index is -0.436. The summed E-state index contributed by atoms with van der Waals surface area (Å²) < 4.78 is 10.7. The first-order valence-electron chi connectivity index (χ1n) is 10.7. The SMILES string of the molecule is CCc1ccc(NC2=C(c3ccc(OC)cc3)C(=O)N(c3cc(C)ccc3OC)C2=O)cc1. The lowest BCUT2D eigenvalue weighted by Gasteiger charge is -2.19. The number of carbonyl (C=O) groups excluding carboxylic acids is 2. The molecule has 0 bridgehead atoms. The Balaban J connectivity index is 1.82. The van der Waals surface area contributed by atoms with E-state index in [-0.39, 0.29) is 5.70 Å². The van der Waals surface area contributed by atoms with Gasteiger partial charge in [-0.05, 0) is 66.4 Å². The summed E-state index contributed by atoms with van der Waals surface area (Å²) in [5.74, 6) is 0.263. The molecule has 6 nitrogen and oxygen atoms in total. The van der Waals surface area contributed by atoms with Gasteiger partial charge < -0.3 is 14.8 Å². The average molecular weight is 443 g/mol. The predicted octanol–water partition coefficient (Wildman–Crippen LogP) is 4.97. The molecule has 1 N–H and O–H groups in total. The number of nitrogens with zero attached hydrogens (tertiary/aromatic N) is 1. The Hall–Kier alpha value is -4.06. The number of carbonyl (C=O) groups is 2. The predicted molar refractivity (Wildman–Crippen MR) is 130 cm³/mol. The molecule has 4 rings (SSSR count). The van der Waals surface area contributed by atoms with Gasteiger partial charge in [-0.3, -0.25) is 9.59 Å². The lowest BCUT2D eigenvalue weighted by molar-refractivity contribution is -0.120. The summed E-state index contributed by atoms with van der Waals surface area (Å²) in [7, 11) is 3.10. The van der Waals surface area contributed by atoms with E-state index >= 15 is 0 Å². The van der Waals surface area contributed by atoms with Crippen molar-refractivity contribution in [2.24, 2.45) is 0 Å². The molecule has 0 aromatic heterocycles. The van der Waals surface area contributed by atoms with Gasteiger partial charge in [-0.2, -0.15) is 0 Å². The molecule has 168 valence electrons. The zero-order chi connectivity index (χ0) is 23.5. The Morgan fingerprint density at radius 3 is 2.15 bits per heavy atom. The van der Waals surface area contributed by atoms with Crippen molar-refractivity contribution < 1.29 is 19.1 Å². The van der Waals surface area contributed by atoms with Crippen LogP contribution in [-0.4, -0.2) is 26.0 Å². The number of methoxy groups -OCH3 is 2. The summed E-state index contributed by atoms with van der Waals surface area (Å²) >= 11 is 0. The summed E-state index contributed by atoms with van der Waals surface area (Å²) in [6.07, 6.45) is 0.915. The van der Waals surface area contributed by atoms with E-state index in [2.05, 4.69) is 12.2 Å². The number of aryl methyl sites for hydroxylation is 2. The number of anilines is 2. The highest BCUT2D eigenvalue weighted by atomic mass is 16.5. The molecule has 0 unspecified atom stereocenters. The average Bonchev–Trinajstić information content (AvgIpc) is 3.08. The van der Waals surface area contributed by atoms with E-state index < -0.39 is 11.8 Å². The van der Waals surface area contributed by atoms with E-state index in [4.69, 9.17) is 9.47 Å². The van der Waals surface area contributed by atoms with Crippen molar-refractivity contribution in [2.45, 2.75) is 20.3 Å². The number of hydrogen-bond donors (Lipinski definition) is 1. The summed E-state index contributed by atoms with van der Waals surface area (Å²) in [5, 5.41) is 3.20. The van der Waals surface area contributed by atoms with Gasteiger partial charge in [0.05, 0.1) is 25.5 Å². The third kappa shape index (κ3) is 4.20. The topological polar surface area (TPSA) is 67.9 Å². The van der Waals surface area contributed by atoms with Gasteiger partial charge >= 0.3 is 0 Å². The van der Waals surface area contributed by atoms with Crippen molar-refractivity contribution >= 4 is 28.8 Å². The van der Waals surface area contributed by atoms with Crippen molar-refractivity contribution in [2.75, 3.05) is 24.4 Å². The molecular weight excluding hydrogens is 416 g/mol. The maximum absolute atomic E-state index is 13.7. The molecule has 1 aliphatic heterocycles. The Kier molecular flexibility index (Phi) is 6.18. The van der Waals surface area contributed by atoms with E-state index in [1.54, 1.807) is 43.5 Å². The molecule has 0 saturated heterocycles. The van der Waals surface area contributed by atoms with Gasteiger partial charge in [0.25, 0.3) is 11.8 Å². The van der Waals surface area contributed by atoms with Crippen LogP contribution in [0.5, 0.6) is 11.5 Å². The molecule has 3 aromatic rings. The van der Waals surface area contributed by atoms with Gasteiger partial charge in [-0.15, -0.1) is 0 Å². The molecule has 0 atom stereocenters. The lowest BCUT2D eigenvalue weighted by atomic mass is 10.0. The van der Waals surface area contributed by atoms with Crippen LogP contribution in [0.3, 0.4) is 0 Å². The molecule has 0 radical (unpaired) electrons. The zero-order valence-electron chi connectivity index (χ0n) is 19.1. The Bertz CT molecular complexity index is 1230. The van der Waals surface area contributed by atoms with Gasteiger partial charge in [0.2, 0.25) is 0 Å². The van der Waals surface area contributed by atoms with Gasteiger partial charge in [0.1, 0.15) is 17.2 Å². The smallest absolute Gasteiger partial charge is 0.282 e. The maximum atomic E-state index is 13.7. The van der Waals surface area contributed by atoms with Crippen molar-refractivity contribution in [3.05, 3.63) is 89.1 Å². The van der Waals surface area contributed by atoms with Crippen LogP contribution in [0.2, 0.25) is 0 Å². The molecule has 0 spiro atoms. The molecule has 1 heterocycles. The summed E-state index contributed by atoms with van der Waals surface area (Å²) in [6.45, 7) is 3.99. The van der Waals surface area contributed by atoms with Gasteiger partial charge in [-0.1, -0.05) is 37.3 Å². The molecule has 0 saturated carbocycles. The second-order valence-electron chi connectivity index (χ2n) is 7.77. The second-order valence-corrected chi connectivity index (χ2v) is 7.77. The summed E-state index contributed by atoms with van der Waals surface area (Å²) in [4.78, 5) is 28.5. The fourth-order valence-corrected chi connectivity index (χ4v) is 3.83. The van der Waals surface area contributed by atoms with Crippen LogP contribution in [0.15, 0.2) is 72.4 Å². The first-order chi connectivity index (χ1) is 16.0. The highest BCUT2D eigenvalue weighted by Crippen LogP contribution is 2.38. The normalized spacial score (nSPS) is 13.5. The van der Waals surface area contributed by atoms with Crippen LogP contribution in [0.25, 0.3) is 5.57 Å². The Morgan fingerprint density at radius 2 is 1.55 bits per heavy atom. The largest absolute Gasteiger partial charge is 0.497 e. The van der Waals surface area contributed by atoms with E-state index in [1.165, 1.54) is 17.6 Å². The highest BCUT2D eigenvalue weighted by Gasteiger charge is 2.41. The molecule has 33 heavy (non-hydrogen) atoms. The molecule has 0 aliphatic carbocycles. The van der Waals surface area contributed by atoms with Crippen molar-refractivity contribution in [1.82, 2.24) is 0 Å². The van der Waals surface area contributed by atoms with E-state index in [9.17, 15) is 9.59 Å². The van der Waals surface area contributed by atoms with Crippen molar-refractivity contribution in [3.8, 4) is 11.5 Å². The molecule has 6 heteroatoms. The number of rotatable bonds is 7. The minimum Gasteiger partial charge on any atom is -0.497 e. The number of ether oxygens (including phenoxy) is 2. The minimum absolute atomic E-state index is 0.220. The third-order valence-corrected chi connectivity index (χ3v) is 5.67. The maximum Gasteiger partial charge on any atom is 0.282 e. The first-order valence-corrected chi connectivity index (χ1v) is 10.7. The fourth-order valence-electron chi connectivity index (χ4n) is 3.83. The van der Waals surface area contributed by atoms with Crippen molar-refractivity contribution in [3.63, 3.8) is 0 Å². The van der Waals surface area contributed by atoms with E-state index in [0.29, 0.717) is 28.3 Å². The highest BCUT2D eigenvalue weighted by molar-refractivity contribution is 6.46. The van der Waals surface area contributed by atoms with Crippen LogP contribution in [-0.2, 0) is 16.0 Å². The lowest BCUT2D eigenvalue weighted by Crippen LogP contribution is -2.32.